The molecule has 0 amide bonds. The number of benzene rings is 1. The van der Waals surface area contributed by atoms with E-state index in [-0.39, 0.29) is 5.56 Å². The van der Waals surface area contributed by atoms with Crippen LogP contribution in [0.1, 0.15) is 10.1 Å². The van der Waals surface area contributed by atoms with Gasteiger partial charge in [0, 0.05) is 0 Å². The average Bonchev–Trinajstić information content (AvgIpc) is 2.00. The van der Waals surface area contributed by atoms with Crippen LogP contribution in [-0.2, 0) is 20.2 Å². The monoisotopic (exact) mass is 252 g/mol. The van der Waals surface area contributed by atoms with E-state index in [2.05, 4.69) is 0 Å². The second-order valence-electron chi connectivity index (χ2n) is 2.77. The minimum atomic E-state index is -4.91. The Kier molecular flexibility index (Phi) is 3.14. The van der Waals surface area contributed by atoms with Gasteiger partial charge >= 0.3 is 0 Å². The van der Waals surface area contributed by atoms with E-state index in [4.69, 9.17) is 9.11 Å². The minimum Gasteiger partial charge on any atom is -0.284 e. The highest BCUT2D eigenvalue weighted by molar-refractivity contribution is 8.03. The van der Waals surface area contributed by atoms with Crippen molar-refractivity contribution in [3.8, 4) is 0 Å². The van der Waals surface area contributed by atoms with Gasteiger partial charge in [-0.3, -0.25) is 9.11 Å². The zero-order chi connectivity index (χ0) is 11.7. The van der Waals surface area contributed by atoms with E-state index in [1.54, 1.807) is 0 Å². The van der Waals surface area contributed by atoms with Crippen LogP contribution in [0.15, 0.2) is 30.3 Å². The zero-order valence-electron chi connectivity index (χ0n) is 7.31. The van der Waals surface area contributed by atoms with Crippen molar-refractivity contribution in [2.45, 2.75) is 4.58 Å². The summed E-state index contributed by atoms with van der Waals surface area (Å²) in [5.74, 6) is 0. The van der Waals surface area contributed by atoms with Crippen LogP contribution < -0.4 is 0 Å². The normalized spacial score (nSPS) is 13.0. The summed E-state index contributed by atoms with van der Waals surface area (Å²) < 4.78 is 58.2. The maximum absolute atomic E-state index is 10.8. The summed E-state index contributed by atoms with van der Waals surface area (Å²) >= 11 is 0. The Balaban J connectivity index is 3.41. The van der Waals surface area contributed by atoms with Crippen LogP contribution in [0.3, 0.4) is 0 Å². The predicted octanol–water partition coefficient (Wildman–Crippen LogP) is 0.461. The quantitative estimate of drug-likeness (QED) is 0.756. The van der Waals surface area contributed by atoms with Crippen LogP contribution in [0, 0.1) is 0 Å². The summed E-state index contributed by atoms with van der Waals surface area (Å²) in [6.07, 6.45) is 0. The van der Waals surface area contributed by atoms with Crippen LogP contribution in [0.25, 0.3) is 0 Å². The smallest absolute Gasteiger partial charge is 0.284 e. The Bertz CT molecular complexity index is 498. The number of hydrogen-bond acceptors (Lipinski definition) is 4. The van der Waals surface area contributed by atoms with E-state index in [1.807, 2.05) is 0 Å². The van der Waals surface area contributed by atoms with Gasteiger partial charge in [0.25, 0.3) is 20.2 Å². The van der Waals surface area contributed by atoms with Gasteiger partial charge in [-0.05, 0) is 5.56 Å². The molecule has 0 heterocycles. The fourth-order valence-corrected chi connectivity index (χ4v) is 3.34. The Morgan fingerprint density at radius 3 is 1.60 bits per heavy atom. The van der Waals surface area contributed by atoms with E-state index in [1.165, 1.54) is 30.3 Å². The lowest BCUT2D eigenvalue weighted by atomic mass is 10.2. The van der Waals surface area contributed by atoms with Crippen LogP contribution >= 0.6 is 0 Å². The Morgan fingerprint density at radius 2 is 1.27 bits per heavy atom. The standard InChI is InChI=1S/C7H8O6S2/c8-14(9,10)7(15(11,12)13)6-4-2-1-3-5-6/h1-5,7H,(H,8,9,10)(H,11,12,13). The summed E-state index contributed by atoms with van der Waals surface area (Å²) in [5, 5.41) is 0. The molecule has 1 aromatic rings. The first-order valence-corrected chi connectivity index (χ1v) is 6.71. The van der Waals surface area contributed by atoms with Gasteiger partial charge in [0.2, 0.25) is 4.58 Å². The molecule has 8 heteroatoms. The van der Waals surface area contributed by atoms with E-state index in [0.717, 1.165) is 0 Å². The maximum Gasteiger partial charge on any atom is 0.289 e. The van der Waals surface area contributed by atoms with Gasteiger partial charge < -0.3 is 0 Å². The summed E-state index contributed by atoms with van der Waals surface area (Å²) in [4.78, 5) is 0. The summed E-state index contributed by atoms with van der Waals surface area (Å²) in [7, 11) is -9.83. The van der Waals surface area contributed by atoms with Crippen molar-refractivity contribution in [3.63, 3.8) is 0 Å². The summed E-state index contributed by atoms with van der Waals surface area (Å²) in [5.41, 5.74) is -0.220. The molecule has 1 aromatic carbocycles. The van der Waals surface area contributed by atoms with Crippen molar-refractivity contribution in [2.24, 2.45) is 0 Å². The second-order valence-corrected chi connectivity index (χ2v) is 6.07. The van der Waals surface area contributed by atoms with Crippen LogP contribution in [0.2, 0.25) is 0 Å². The topological polar surface area (TPSA) is 109 Å². The Labute approximate surface area is 87.1 Å². The van der Waals surface area contributed by atoms with Gasteiger partial charge in [0.05, 0.1) is 0 Å². The predicted molar refractivity (Wildman–Crippen MR) is 52.3 cm³/mol. The van der Waals surface area contributed by atoms with E-state index < -0.39 is 24.8 Å². The zero-order valence-corrected chi connectivity index (χ0v) is 8.94. The summed E-state index contributed by atoms with van der Waals surface area (Å²) in [6.45, 7) is 0. The molecule has 0 saturated carbocycles. The Hall–Kier alpha value is -0.960. The van der Waals surface area contributed by atoms with Gasteiger partial charge in [0.1, 0.15) is 0 Å². The summed E-state index contributed by atoms with van der Waals surface area (Å²) in [6, 6.07) is 6.66. The molecule has 6 nitrogen and oxygen atoms in total. The van der Waals surface area contributed by atoms with Crippen molar-refractivity contribution in [1.29, 1.82) is 0 Å². The van der Waals surface area contributed by atoms with Crippen LogP contribution in [-0.4, -0.2) is 25.9 Å². The first-order valence-electron chi connectivity index (χ1n) is 3.70. The van der Waals surface area contributed by atoms with Crippen molar-refractivity contribution >= 4 is 20.2 Å². The molecule has 0 aromatic heterocycles. The van der Waals surface area contributed by atoms with Crippen molar-refractivity contribution in [1.82, 2.24) is 0 Å². The second kappa shape index (κ2) is 3.89. The molecular weight excluding hydrogens is 244 g/mol. The average molecular weight is 252 g/mol. The van der Waals surface area contributed by atoms with Crippen LogP contribution in [0.4, 0.5) is 0 Å². The molecule has 0 atom stereocenters. The lowest BCUT2D eigenvalue weighted by Gasteiger charge is -2.10. The van der Waals surface area contributed by atoms with Crippen molar-refractivity contribution in [3.05, 3.63) is 35.9 Å². The SMILES string of the molecule is O=S(=O)(O)C(c1ccccc1)S(=O)(=O)O. The van der Waals surface area contributed by atoms with Gasteiger partial charge in [-0.25, -0.2) is 0 Å². The van der Waals surface area contributed by atoms with E-state index in [0.29, 0.717) is 0 Å². The fraction of sp³-hybridized carbons (Fsp3) is 0.143. The molecule has 84 valence electrons. The molecule has 0 bridgehead atoms. The molecule has 2 N–H and O–H groups in total. The molecule has 15 heavy (non-hydrogen) atoms. The number of rotatable bonds is 3. The third-order valence-corrected chi connectivity index (χ3v) is 4.70. The lowest BCUT2D eigenvalue weighted by Crippen LogP contribution is -2.21. The Morgan fingerprint density at radius 1 is 0.867 bits per heavy atom. The molecular formula is C7H8O6S2. The number of hydrogen-bond donors (Lipinski definition) is 2. The molecule has 0 radical (unpaired) electrons. The highest BCUT2D eigenvalue weighted by atomic mass is 32.3. The maximum atomic E-state index is 10.8. The third-order valence-electron chi connectivity index (χ3n) is 1.61. The minimum absolute atomic E-state index is 0.220. The highest BCUT2D eigenvalue weighted by Gasteiger charge is 2.36. The fourth-order valence-electron chi connectivity index (χ4n) is 1.11. The van der Waals surface area contributed by atoms with E-state index in [9.17, 15) is 16.8 Å². The van der Waals surface area contributed by atoms with Crippen molar-refractivity contribution < 1.29 is 25.9 Å². The highest BCUT2D eigenvalue weighted by Crippen LogP contribution is 2.26. The first-order chi connectivity index (χ1) is 6.73. The molecule has 0 saturated heterocycles. The van der Waals surface area contributed by atoms with Crippen LogP contribution in [0.5, 0.6) is 0 Å². The van der Waals surface area contributed by atoms with Gasteiger partial charge in [-0.1, -0.05) is 30.3 Å². The lowest BCUT2D eigenvalue weighted by molar-refractivity contribution is 0.456. The van der Waals surface area contributed by atoms with Gasteiger partial charge in [-0.15, -0.1) is 0 Å². The molecule has 0 aliphatic heterocycles. The molecule has 0 spiro atoms. The molecule has 0 fully saturated rings. The molecule has 0 aliphatic carbocycles. The molecule has 0 aliphatic rings. The third kappa shape index (κ3) is 2.99. The molecule has 0 unspecified atom stereocenters. The van der Waals surface area contributed by atoms with E-state index >= 15 is 0 Å². The van der Waals surface area contributed by atoms with Gasteiger partial charge in [0.15, 0.2) is 0 Å². The molecule has 1 rings (SSSR count). The van der Waals surface area contributed by atoms with Gasteiger partial charge in [-0.2, -0.15) is 16.8 Å². The van der Waals surface area contributed by atoms with Crippen molar-refractivity contribution in [2.75, 3.05) is 0 Å². The largest absolute Gasteiger partial charge is 0.289 e. The first kappa shape index (κ1) is 12.1.